The number of piperidine rings is 1. The summed E-state index contributed by atoms with van der Waals surface area (Å²) in [5.41, 5.74) is 2.74. The van der Waals surface area contributed by atoms with Crippen LogP contribution in [0.4, 0.5) is 8.78 Å². The number of halogens is 2. The van der Waals surface area contributed by atoms with Crippen molar-refractivity contribution in [2.24, 2.45) is 11.8 Å². The summed E-state index contributed by atoms with van der Waals surface area (Å²) in [6.45, 7) is 1.53. The molecule has 39 heavy (non-hydrogen) atoms. The summed E-state index contributed by atoms with van der Waals surface area (Å²) in [7, 11) is 0. The number of nitrogens with one attached hydrogen (secondary N) is 1. The van der Waals surface area contributed by atoms with E-state index in [1.807, 2.05) is 12.3 Å². The molecule has 3 atom stereocenters. The zero-order chi connectivity index (χ0) is 26.9. The molecule has 1 aliphatic heterocycles. The molecular weight excluding hydrogens is 524 g/mol. The van der Waals surface area contributed by atoms with E-state index in [1.165, 1.54) is 12.1 Å². The van der Waals surface area contributed by atoms with Gasteiger partial charge in [0.2, 0.25) is 0 Å². The highest BCUT2D eigenvalue weighted by atomic mass is 32.2. The maximum absolute atomic E-state index is 14.0. The topological polar surface area (TPSA) is 107 Å². The van der Waals surface area contributed by atoms with Crippen LogP contribution in [0.25, 0.3) is 21.9 Å². The molecule has 1 saturated carbocycles. The summed E-state index contributed by atoms with van der Waals surface area (Å²) in [5.74, 6) is -0.989. The second-order valence-electron chi connectivity index (χ2n) is 10.7. The number of aromatic amines is 1. The fraction of sp³-hybridized carbons (Fsp3) is 0.464. The lowest BCUT2D eigenvalue weighted by molar-refractivity contribution is 0.0866. The first-order valence-electron chi connectivity index (χ1n) is 13.4. The molecule has 3 aromatic heterocycles. The van der Waals surface area contributed by atoms with Gasteiger partial charge in [-0.2, -0.15) is 5.10 Å². The number of H-pyrrole nitrogens is 1. The van der Waals surface area contributed by atoms with Gasteiger partial charge in [-0.15, -0.1) is 0 Å². The Balaban J connectivity index is 1.13. The van der Waals surface area contributed by atoms with Gasteiger partial charge < -0.3 is 9.29 Å². The van der Waals surface area contributed by atoms with E-state index in [4.69, 9.17) is 4.74 Å². The number of ether oxygens (including phenoxy) is 1. The minimum atomic E-state index is -2.25. The number of hydrogen-bond acceptors (Lipinski definition) is 7. The largest absolute Gasteiger partial charge is 0.771 e. The first-order chi connectivity index (χ1) is 19.0. The first-order valence-corrected chi connectivity index (χ1v) is 14.6. The third kappa shape index (κ3) is 5.39. The summed E-state index contributed by atoms with van der Waals surface area (Å²) >= 11 is -2.25. The molecule has 0 spiro atoms. The fourth-order valence-corrected chi connectivity index (χ4v) is 7.48. The van der Waals surface area contributed by atoms with Crippen LogP contribution in [0.5, 0.6) is 5.75 Å². The summed E-state index contributed by atoms with van der Waals surface area (Å²) in [6.07, 6.45) is 10.5. The van der Waals surface area contributed by atoms with Crippen LogP contribution in [0.15, 0.2) is 42.9 Å². The number of aromatic nitrogens is 4. The molecular formula is C28H30F2N5O3S-. The van der Waals surface area contributed by atoms with Gasteiger partial charge in [0, 0.05) is 35.5 Å². The zero-order valence-electron chi connectivity index (χ0n) is 21.4. The highest BCUT2D eigenvalue weighted by molar-refractivity contribution is 7.79. The minimum Gasteiger partial charge on any atom is -0.771 e. The number of benzene rings is 1. The molecule has 8 nitrogen and oxygen atoms in total. The second kappa shape index (κ2) is 11.2. The lowest BCUT2D eigenvalue weighted by atomic mass is 9.77. The van der Waals surface area contributed by atoms with Crippen molar-refractivity contribution in [1.29, 1.82) is 0 Å². The van der Waals surface area contributed by atoms with E-state index in [-0.39, 0.29) is 30.1 Å². The highest BCUT2D eigenvalue weighted by Crippen LogP contribution is 2.42. The Bertz CT molecular complexity index is 1490. The van der Waals surface area contributed by atoms with Crippen molar-refractivity contribution < 1.29 is 22.3 Å². The number of hydrogen-bond donors (Lipinski definition) is 1. The summed E-state index contributed by atoms with van der Waals surface area (Å²) in [5, 5.41) is 8.93. The van der Waals surface area contributed by atoms with Crippen molar-refractivity contribution in [2.75, 3.05) is 19.7 Å². The average molecular weight is 555 g/mol. The number of rotatable bonds is 7. The highest BCUT2D eigenvalue weighted by Gasteiger charge is 2.35. The van der Waals surface area contributed by atoms with Crippen LogP contribution < -0.4 is 4.74 Å². The van der Waals surface area contributed by atoms with Gasteiger partial charge in [0.25, 0.3) is 0 Å². The van der Waals surface area contributed by atoms with Gasteiger partial charge in [0.15, 0.2) is 17.2 Å². The van der Waals surface area contributed by atoms with Gasteiger partial charge in [-0.3, -0.25) is 14.2 Å². The Morgan fingerprint density at radius 1 is 1.13 bits per heavy atom. The van der Waals surface area contributed by atoms with Crippen LogP contribution in [-0.2, 0) is 11.1 Å². The van der Waals surface area contributed by atoms with E-state index in [0.29, 0.717) is 18.7 Å². The van der Waals surface area contributed by atoms with Crippen molar-refractivity contribution in [3.8, 4) is 5.75 Å². The van der Waals surface area contributed by atoms with Crippen LogP contribution >= 0.6 is 0 Å². The molecule has 1 saturated heterocycles. The predicted octanol–water partition coefficient (Wildman–Crippen LogP) is 5.05. The van der Waals surface area contributed by atoms with Crippen LogP contribution in [0.2, 0.25) is 0 Å². The Morgan fingerprint density at radius 3 is 2.77 bits per heavy atom. The SMILES string of the molecule is O=S([O-])C(C1CCC(c2cn[nH]c3cnc4nccc4c23)CC1)N1CCCC(COc2ccc(F)cc2F)C1. The van der Waals surface area contributed by atoms with Crippen molar-refractivity contribution in [3.63, 3.8) is 0 Å². The van der Waals surface area contributed by atoms with Gasteiger partial charge in [0.05, 0.1) is 29.9 Å². The van der Waals surface area contributed by atoms with Crippen LogP contribution in [0, 0.1) is 23.5 Å². The third-order valence-corrected chi connectivity index (χ3v) is 9.38. The molecule has 6 rings (SSSR count). The number of pyridine rings is 1. The second-order valence-corrected chi connectivity index (χ2v) is 11.7. The molecule has 2 aliphatic rings. The van der Waals surface area contributed by atoms with Gasteiger partial charge in [-0.1, -0.05) is 0 Å². The molecule has 11 heteroatoms. The van der Waals surface area contributed by atoms with Gasteiger partial charge in [0.1, 0.15) is 5.82 Å². The van der Waals surface area contributed by atoms with Gasteiger partial charge in [-0.05, 0) is 91.7 Å². The molecule has 0 radical (unpaired) electrons. The molecule has 1 N–H and O–H groups in total. The van der Waals surface area contributed by atoms with E-state index < -0.39 is 28.1 Å². The number of fused-ring (bicyclic) bond motifs is 3. The van der Waals surface area contributed by atoms with Crippen LogP contribution in [0.1, 0.15) is 50.0 Å². The maximum Gasteiger partial charge on any atom is 0.167 e. The smallest absolute Gasteiger partial charge is 0.167 e. The molecule has 3 unspecified atom stereocenters. The van der Waals surface area contributed by atoms with Gasteiger partial charge >= 0.3 is 0 Å². The Kier molecular flexibility index (Phi) is 7.55. The lowest BCUT2D eigenvalue weighted by Gasteiger charge is -2.44. The summed E-state index contributed by atoms with van der Waals surface area (Å²) in [6, 6.07) is 5.24. The predicted molar refractivity (Wildman–Crippen MR) is 143 cm³/mol. The monoisotopic (exact) mass is 554 g/mol. The Morgan fingerprint density at radius 2 is 1.97 bits per heavy atom. The van der Waals surface area contributed by atoms with E-state index in [0.717, 1.165) is 66.4 Å². The zero-order valence-corrected chi connectivity index (χ0v) is 22.2. The number of likely N-dealkylation sites (tertiary alicyclic amines) is 1. The lowest BCUT2D eigenvalue weighted by Crippen LogP contribution is -2.50. The molecule has 4 heterocycles. The first kappa shape index (κ1) is 26.2. The van der Waals surface area contributed by atoms with Crippen molar-refractivity contribution in [3.05, 3.63) is 60.1 Å². The maximum atomic E-state index is 14.0. The third-order valence-electron chi connectivity index (χ3n) is 8.30. The molecule has 4 aromatic rings. The standard InChI is InChI=1S/C28H31F2N5O3S/c29-20-7-8-25(23(30)12-20)38-16-17-2-1-11-35(15-17)28(39(36)37)19-5-3-18(4-6-19)22-13-33-34-24-14-32-27-21(26(22)24)9-10-31-27/h7-10,12-14,17-19,28,34H,1-6,11,15-16H2,(H,36,37)/p-1. The molecule has 0 bridgehead atoms. The van der Waals surface area contributed by atoms with Crippen LogP contribution in [-0.4, -0.2) is 58.9 Å². The van der Waals surface area contributed by atoms with Crippen LogP contribution in [0.3, 0.4) is 0 Å². The molecule has 2 fully saturated rings. The minimum absolute atomic E-state index is 0.0157. The normalized spacial score (nSPS) is 24.1. The van der Waals surface area contributed by atoms with E-state index >= 15 is 0 Å². The Labute approximate surface area is 227 Å². The fourth-order valence-electron chi connectivity index (χ4n) is 6.46. The van der Waals surface area contributed by atoms with Crippen molar-refractivity contribution >= 4 is 33.0 Å². The summed E-state index contributed by atoms with van der Waals surface area (Å²) in [4.78, 5) is 10.8. The molecule has 1 aliphatic carbocycles. The van der Waals surface area contributed by atoms with Crippen molar-refractivity contribution in [2.45, 2.75) is 49.8 Å². The molecule has 1 aromatic carbocycles. The van der Waals surface area contributed by atoms with E-state index in [2.05, 4.69) is 25.1 Å². The number of nitrogens with zero attached hydrogens (tertiary/aromatic N) is 4. The molecule has 206 valence electrons. The average Bonchev–Trinajstić information content (AvgIpc) is 3.42. The van der Waals surface area contributed by atoms with Gasteiger partial charge in [-0.25, -0.2) is 18.7 Å². The van der Waals surface area contributed by atoms with E-state index in [1.54, 1.807) is 12.4 Å². The quantitative estimate of drug-likeness (QED) is 0.319. The Hall–Kier alpha value is -3.02. The molecule has 0 amide bonds. The van der Waals surface area contributed by atoms with E-state index in [9.17, 15) is 17.5 Å². The summed E-state index contributed by atoms with van der Waals surface area (Å²) < 4.78 is 57.9. The van der Waals surface area contributed by atoms with Crippen molar-refractivity contribution in [1.82, 2.24) is 25.1 Å².